The molecule has 0 spiro atoms. The predicted octanol–water partition coefficient (Wildman–Crippen LogP) is 3.76. The van der Waals surface area contributed by atoms with E-state index in [1.165, 1.54) is 11.8 Å². The van der Waals surface area contributed by atoms with Crippen molar-refractivity contribution in [1.29, 1.82) is 0 Å². The van der Waals surface area contributed by atoms with E-state index < -0.39 is 5.25 Å². The van der Waals surface area contributed by atoms with Crippen molar-refractivity contribution in [3.8, 4) is 0 Å². The standard InChI is InChI=1S/C23H25N5O2S/c1-16(9-10-17-11-13-19(14-12-17)28(2)3)26-27-23-25-21(29)15-20(31-23)22(30)24-18-7-5-4-6-8-18/h4-14,20H,15H2,1-3H3,(H,24,30)(H,25,27,29)/b10-9+,26-16+/t20-/m1/s1. The van der Waals surface area contributed by atoms with Crippen molar-refractivity contribution >= 4 is 51.9 Å². The van der Waals surface area contributed by atoms with Gasteiger partial charge in [0.1, 0.15) is 5.25 Å². The summed E-state index contributed by atoms with van der Waals surface area (Å²) in [5.41, 5.74) is 3.54. The van der Waals surface area contributed by atoms with Crippen LogP contribution < -0.4 is 15.5 Å². The van der Waals surface area contributed by atoms with Crippen molar-refractivity contribution in [1.82, 2.24) is 5.32 Å². The fourth-order valence-electron chi connectivity index (χ4n) is 2.74. The highest BCUT2D eigenvalue weighted by Crippen LogP contribution is 2.22. The highest BCUT2D eigenvalue weighted by Gasteiger charge is 2.30. The Kier molecular flexibility index (Phi) is 7.61. The Labute approximate surface area is 186 Å². The average Bonchev–Trinajstić information content (AvgIpc) is 2.77. The lowest BCUT2D eigenvalue weighted by Crippen LogP contribution is -2.41. The highest BCUT2D eigenvalue weighted by atomic mass is 32.2. The monoisotopic (exact) mass is 435 g/mol. The molecule has 2 aromatic rings. The van der Waals surface area contributed by atoms with Crippen LogP contribution in [0.2, 0.25) is 0 Å². The molecule has 1 atom stereocenters. The first-order valence-electron chi connectivity index (χ1n) is 9.81. The van der Waals surface area contributed by atoms with Crippen LogP contribution in [0.4, 0.5) is 11.4 Å². The molecule has 1 heterocycles. The van der Waals surface area contributed by atoms with E-state index in [-0.39, 0.29) is 18.2 Å². The number of hydrogen-bond donors (Lipinski definition) is 2. The number of para-hydroxylation sites is 1. The summed E-state index contributed by atoms with van der Waals surface area (Å²) >= 11 is 1.19. The van der Waals surface area contributed by atoms with Crippen LogP contribution in [0.5, 0.6) is 0 Å². The summed E-state index contributed by atoms with van der Waals surface area (Å²) < 4.78 is 0. The zero-order valence-electron chi connectivity index (χ0n) is 17.7. The van der Waals surface area contributed by atoms with Crippen LogP contribution in [-0.4, -0.2) is 42.0 Å². The van der Waals surface area contributed by atoms with Gasteiger partial charge in [-0.2, -0.15) is 5.10 Å². The van der Waals surface area contributed by atoms with Crippen molar-refractivity contribution in [3.05, 3.63) is 66.2 Å². The molecule has 3 rings (SSSR count). The van der Waals surface area contributed by atoms with E-state index in [2.05, 4.69) is 20.8 Å². The van der Waals surface area contributed by atoms with Gasteiger partial charge in [-0.05, 0) is 42.8 Å². The largest absolute Gasteiger partial charge is 0.378 e. The van der Waals surface area contributed by atoms with Gasteiger partial charge in [0.2, 0.25) is 11.8 Å². The minimum absolute atomic E-state index is 0.0912. The summed E-state index contributed by atoms with van der Waals surface area (Å²) in [6.07, 6.45) is 3.89. The number of carbonyl (C=O) groups is 2. The Balaban J connectivity index is 1.62. The third-order valence-electron chi connectivity index (χ3n) is 4.43. The number of amides is 2. The molecule has 8 heteroatoms. The molecule has 160 valence electrons. The summed E-state index contributed by atoms with van der Waals surface area (Å²) in [6, 6.07) is 17.3. The van der Waals surface area contributed by atoms with Gasteiger partial charge in [-0.15, -0.1) is 5.10 Å². The van der Waals surface area contributed by atoms with Crippen LogP contribution >= 0.6 is 11.8 Å². The molecule has 0 aliphatic carbocycles. The predicted molar refractivity (Wildman–Crippen MR) is 130 cm³/mol. The molecule has 7 nitrogen and oxygen atoms in total. The minimum atomic E-state index is -0.561. The Morgan fingerprint density at radius 3 is 2.55 bits per heavy atom. The van der Waals surface area contributed by atoms with Crippen molar-refractivity contribution in [3.63, 3.8) is 0 Å². The average molecular weight is 436 g/mol. The zero-order chi connectivity index (χ0) is 22.2. The number of rotatable bonds is 6. The van der Waals surface area contributed by atoms with Crippen molar-refractivity contribution < 1.29 is 9.59 Å². The van der Waals surface area contributed by atoms with Crippen molar-refractivity contribution in [2.75, 3.05) is 24.3 Å². The Bertz CT molecular complexity index is 1010. The number of nitrogens with zero attached hydrogens (tertiary/aromatic N) is 3. The fraction of sp³-hybridized carbons (Fsp3) is 0.217. The van der Waals surface area contributed by atoms with Crippen LogP contribution in [0.15, 0.2) is 70.9 Å². The van der Waals surface area contributed by atoms with Gasteiger partial charge in [0.05, 0.1) is 5.71 Å². The van der Waals surface area contributed by atoms with E-state index in [0.29, 0.717) is 16.6 Å². The van der Waals surface area contributed by atoms with E-state index in [4.69, 9.17) is 0 Å². The summed E-state index contributed by atoms with van der Waals surface area (Å²) in [5.74, 6) is -0.490. The van der Waals surface area contributed by atoms with E-state index in [1.54, 1.807) is 12.1 Å². The summed E-state index contributed by atoms with van der Waals surface area (Å²) in [6.45, 7) is 1.82. The molecule has 0 saturated carbocycles. The number of amidine groups is 1. The van der Waals surface area contributed by atoms with E-state index in [0.717, 1.165) is 11.3 Å². The van der Waals surface area contributed by atoms with E-state index in [9.17, 15) is 9.59 Å². The molecule has 0 aromatic heterocycles. The number of carbonyl (C=O) groups excluding carboxylic acids is 2. The third-order valence-corrected chi connectivity index (χ3v) is 5.50. The first-order valence-corrected chi connectivity index (χ1v) is 10.7. The second-order valence-corrected chi connectivity index (χ2v) is 8.37. The highest BCUT2D eigenvalue weighted by molar-refractivity contribution is 8.15. The SMILES string of the molecule is CC(/C=C/c1ccc(N(C)C)cc1)=N\N=C1NC(=O)C[C@H](C(=O)Nc2ccccc2)S1. The smallest absolute Gasteiger partial charge is 0.238 e. The summed E-state index contributed by atoms with van der Waals surface area (Å²) in [4.78, 5) is 26.6. The van der Waals surface area contributed by atoms with Gasteiger partial charge in [-0.3, -0.25) is 9.59 Å². The Morgan fingerprint density at radius 2 is 1.87 bits per heavy atom. The maximum Gasteiger partial charge on any atom is 0.238 e. The maximum atomic E-state index is 12.5. The number of nitrogens with one attached hydrogen (secondary N) is 2. The molecular formula is C23H25N5O2S. The molecule has 0 unspecified atom stereocenters. The van der Waals surface area contributed by atoms with Crippen LogP contribution in [0, 0.1) is 0 Å². The van der Waals surface area contributed by atoms with Gasteiger partial charge in [-0.25, -0.2) is 0 Å². The molecule has 0 radical (unpaired) electrons. The fourth-order valence-corrected chi connectivity index (χ4v) is 3.67. The van der Waals surface area contributed by atoms with Crippen LogP contribution in [0.25, 0.3) is 6.08 Å². The van der Waals surface area contributed by atoms with Gasteiger partial charge < -0.3 is 15.5 Å². The zero-order valence-corrected chi connectivity index (χ0v) is 18.5. The normalized spacial score (nSPS) is 18.2. The van der Waals surface area contributed by atoms with Crippen molar-refractivity contribution in [2.45, 2.75) is 18.6 Å². The van der Waals surface area contributed by atoms with Crippen LogP contribution in [-0.2, 0) is 9.59 Å². The number of thioether (sulfide) groups is 1. The van der Waals surface area contributed by atoms with E-state index in [1.807, 2.05) is 80.5 Å². The van der Waals surface area contributed by atoms with Gasteiger partial charge in [-0.1, -0.05) is 48.2 Å². The lowest BCUT2D eigenvalue weighted by atomic mass is 10.2. The molecule has 2 amide bonds. The number of allylic oxidation sites excluding steroid dienone is 1. The number of benzene rings is 2. The van der Waals surface area contributed by atoms with Gasteiger partial charge in [0.15, 0.2) is 5.17 Å². The topological polar surface area (TPSA) is 86.2 Å². The lowest BCUT2D eigenvalue weighted by molar-refractivity contribution is -0.123. The molecule has 0 bridgehead atoms. The molecule has 2 aromatic carbocycles. The summed E-state index contributed by atoms with van der Waals surface area (Å²) in [5, 5.41) is 13.5. The van der Waals surface area contributed by atoms with Crippen molar-refractivity contribution in [2.24, 2.45) is 10.2 Å². The molecular weight excluding hydrogens is 410 g/mol. The number of anilines is 2. The second-order valence-electron chi connectivity index (χ2n) is 7.18. The molecule has 1 aliphatic heterocycles. The van der Waals surface area contributed by atoms with Gasteiger partial charge >= 0.3 is 0 Å². The lowest BCUT2D eigenvalue weighted by Gasteiger charge is -2.21. The molecule has 1 fully saturated rings. The molecule has 2 N–H and O–H groups in total. The van der Waals surface area contributed by atoms with Crippen LogP contribution in [0.1, 0.15) is 18.9 Å². The quantitative estimate of drug-likeness (QED) is 0.534. The third kappa shape index (κ3) is 6.82. The first-order chi connectivity index (χ1) is 14.9. The summed E-state index contributed by atoms with van der Waals surface area (Å²) in [7, 11) is 4.00. The minimum Gasteiger partial charge on any atom is -0.378 e. The second kappa shape index (κ2) is 10.6. The molecule has 1 aliphatic rings. The Morgan fingerprint density at radius 1 is 1.16 bits per heavy atom. The molecule has 31 heavy (non-hydrogen) atoms. The van der Waals surface area contributed by atoms with Crippen LogP contribution in [0.3, 0.4) is 0 Å². The van der Waals surface area contributed by atoms with Gasteiger partial charge in [0.25, 0.3) is 0 Å². The van der Waals surface area contributed by atoms with Gasteiger partial charge in [0, 0.05) is 31.9 Å². The van der Waals surface area contributed by atoms with E-state index >= 15 is 0 Å². The molecule has 1 saturated heterocycles. The first kappa shape index (κ1) is 22.3. The maximum absolute atomic E-state index is 12.5. The number of hydrogen-bond acceptors (Lipinski definition) is 6. The Hall–Kier alpha value is -3.39.